The number of hydrogen-bond acceptors (Lipinski definition) is 1. The average molecular weight is 213 g/mol. The van der Waals surface area contributed by atoms with Crippen LogP contribution in [0.5, 0.6) is 0 Å². The molecule has 0 heterocycles. The van der Waals surface area contributed by atoms with Gasteiger partial charge in [0.2, 0.25) is 5.91 Å². The molecule has 2 nitrogen and oxygen atoms in total. The molecule has 0 spiro atoms. The minimum atomic E-state index is 0.129. The van der Waals surface area contributed by atoms with Gasteiger partial charge in [-0.2, -0.15) is 0 Å². The summed E-state index contributed by atoms with van der Waals surface area (Å²) in [6, 6.07) is 0.347. The third-order valence-corrected chi connectivity index (χ3v) is 3.83. The second kappa shape index (κ2) is 6.14. The molecule has 0 aromatic rings. The van der Waals surface area contributed by atoms with E-state index >= 15 is 0 Å². The Balaban J connectivity index is 4.43. The molecule has 0 aromatic heterocycles. The van der Waals surface area contributed by atoms with E-state index in [0.29, 0.717) is 17.9 Å². The second-order valence-electron chi connectivity index (χ2n) is 5.10. The summed E-state index contributed by atoms with van der Waals surface area (Å²) in [5.74, 6) is 1.42. The zero-order valence-electron chi connectivity index (χ0n) is 11.4. The van der Waals surface area contributed by atoms with E-state index in [0.717, 1.165) is 6.42 Å². The number of amides is 1. The van der Waals surface area contributed by atoms with Gasteiger partial charge in [-0.05, 0) is 25.2 Å². The van der Waals surface area contributed by atoms with E-state index in [1.165, 1.54) is 0 Å². The Morgan fingerprint density at radius 3 is 1.93 bits per heavy atom. The minimum absolute atomic E-state index is 0.129. The number of carbonyl (C=O) groups excluding carboxylic acids is 1. The summed E-state index contributed by atoms with van der Waals surface area (Å²) in [6.45, 7) is 12.8. The molecule has 3 atom stereocenters. The first-order valence-electron chi connectivity index (χ1n) is 6.09. The Labute approximate surface area is 95.0 Å². The summed E-state index contributed by atoms with van der Waals surface area (Å²) < 4.78 is 0. The molecule has 2 heteroatoms. The molecule has 3 unspecified atom stereocenters. The van der Waals surface area contributed by atoms with Crippen LogP contribution in [0.2, 0.25) is 0 Å². The Bertz CT molecular complexity index is 201. The number of hydrogen-bond donors (Lipinski definition) is 0. The molecule has 0 saturated heterocycles. The van der Waals surface area contributed by atoms with Crippen LogP contribution in [0.15, 0.2) is 0 Å². The summed E-state index contributed by atoms with van der Waals surface area (Å²) in [5, 5.41) is 0. The predicted molar refractivity (Wildman–Crippen MR) is 65.7 cm³/mol. The van der Waals surface area contributed by atoms with Crippen molar-refractivity contribution in [3.8, 4) is 0 Å². The zero-order chi connectivity index (χ0) is 12.2. The lowest BCUT2D eigenvalue weighted by Crippen LogP contribution is -2.40. The van der Waals surface area contributed by atoms with Crippen LogP contribution in [0.4, 0.5) is 0 Å². The molecule has 0 saturated carbocycles. The lowest BCUT2D eigenvalue weighted by atomic mass is 9.85. The van der Waals surface area contributed by atoms with Gasteiger partial charge < -0.3 is 4.90 Å². The quantitative estimate of drug-likeness (QED) is 0.687. The van der Waals surface area contributed by atoms with Crippen molar-refractivity contribution in [2.75, 3.05) is 7.05 Å². The van der Waals surface area contributed by atoms with E-state index in [2.05, 4.69) is 34.6 Å². The zero-order valence-corrected chi connectivity index (χ0v) is 11.4. The highest BCUT2D eigenvalue weighted by Crippen LogP contribution is 2.22. The molecular formula is C13H27NO. The SMILES string of the molecule is CCC(C)N(C)C(=O)C(C)C(C)C(C)C. The van der Waals surface area contributed by atoms with Gasteiger partial charge in [0, 0.05) is 19.0 Å². The minimum Gasteiger partial charge on any atom is -0.343 e. The first-order chi connectivity index (χ1) is 6.82. The van der Waals surface area contributed by atoms with Gasteiger partial charge in [-0.25, -0.2) is 0 Å². The van der Waals surface area contributed by atoms with Gasteiger partial charge in [-0.1, -0.05) is 34.6 Å². The summed E-state index contributed by atoms with van der Waals surface area (Å²) in [7, 11) is 1.92. The van der Waals surface area contributed by atoms with E-state index in [-0.39, 0.29) is 11.8 Å². The third-order valence-electron chi connectivity index (χ3n) is 3.83. The maximum atomic E-state index is 12.1. The summed E-state index contributed by atoms with van der Waals surface area (Å²) in [6.07, 6.45) is 1.02. The normalized spacial score (nSPS) is 17.3. The molecule has 0 aromatic carbocycles. The van der Waals surface area contributed by atoms with Crippen LogP contribution < -0.4 is 0 Å². The van der Waals surface area contributed by atoms with Gasteiger partial charge >= 0.3 is 0 Å². The van der Waals surface area contributed by atoms with Crippen molar-refractivity contribution in [1.29, 1.82) is 0 Å². The van der Waals surface area contributed by atoms with Crippen LogP contribution in [-0.4, -0.2) is 23.9 Å². The highest BCUT2D eigenvalue weighted by atomic mass is 16.2. The molecule has 0 fully saturated rings. The van der Waals surface area contributed by atoms with E-state index in [4.69, 9.17) is 0 Å². The smallest absolute Gasteiger partial charge is 0.225 e. The van der Waals surface area contributed by atoms with Gasteiger partial charge in [-0.15, -0.1) is 0 Å². The lowest BCUT2D eigenvalue weighted by Gasteiger charge is -2.30. The Morgan fingerprint density at radius 1 is 1.13 bits per heavy atom. The lowest BCUT2D eigenvalue weighted by molar-refractivity contribution is -0.137. The van der Waals surface area contributed by atoms with E-state index in [1.54, 1.807) is 0 Å². The second-order valence-corrected chi connectivity index (χ2v) is 5.10. The Morgan fingerprint density at radius 2 is 1.60 bits per heavy atom. The largest absolute Gasteiger partial charge is 0.343 e. The summed E-state index contributed by atoms with van der Waals surface area (Å²) in [5.41, 5.74) is 0. The number of nitrogens with zero attached hydrogens (tertiary/aromatic N) is 1. The molecule has 1 amide bonds. The first kappa shape index (κ1) is 14.5. The fourth-order valence-electron chi connectivity index (χ4n) is 1.61. The fourth-order valence-corrected chi connectivity index (χ4v) is 1.61. The maximum absolute atomic E-state index is 12.1. The standard InChI is InChI=1S/C13H27NO/c1-8-10(4)14(7)13(15)12(6)11(5)9(2)3/h9-12H,8H2,1-7H3. The molecule has 0 rings (SSSR count). The van der Waals surface area contributed by atoms with Crippen molar-refractivity contribution in [3.05, 3.63) is 0 Å². The molecule has 0 radical (unpaired) electrons. The van der Waals surface area contributed by atoms with Crippen molar-refractivity contribution in [3.63, 3.8) is 0 Å². The van der Waals surface area contributed by atoms with Crippen LogP contribution in [0.1, 0.15) is 48.0 Å². The van der Waals surface area contributed by atoms with Crippen molar-refractivity contribution < 1.29 is 4.79 Å². The highest BCUT2D eigenvalue weighted by Gasteiger charge is 2.26. The van der Waals surface area contributed by atoms with Crippen LogP contribution >= 0.6 is 0 Å². The molecule has 15 heavy (non-hydrogen) atoms. The first-order valence-corrected chi connectivity index (χ1v) is 6.09. The molecule has 0 aliphatic carbocycles. The van der Waals surface area contributed by atoms with Crippen molar-refractivity contribution in [1.82, 2.24) is 4.90 Å². The molecule has 90 valence electrons. The molecular weight excluding hydrogens is 186 g/mol. The number of rotatable bonds is 5. The van der Waals surface area contributed by atoms with Gasteiger partial charge in [0.05, 0.1) is 0 Å². The van der Waals surface area contributed by atoms with Crippen molar-refractivity contribution in [2.45, 2.75) is 54.0 Å². The van der Waals surface area contributed by atoms with Crippen LogP contribution in [0.25, 0.3) is 0 Å². The van der Waals surface area contributed by atoms with E-state index in [9.17, 15) is 4.79 Å². The molecule has 0 aliphatic rings. The Kier molecular flexibility index (Phi) is 5.92. The van der Waals surface area contributed by atoms with Crippen molar-refractivity contribution in [2.24, 2.45) is 17.8 Å². The molecule has 0 N–H and O–H groups in total. The summed E-state index contributed by atoms with van der Waals surface area (Å²) >= 11 is 0. The maximum Gasteiger partial charge on any atom is 0.225 e. The molecule has 0 aliphatic heterocycles. The van der Waals surface area contributed by atoms with Gasteiger partial charge in [-0.3, -0.25) is 4.79 Å². The van der Waals surface area contributed by atoms with Crippen LogP contribution in [0.3, 0.4) is 0 Å². The summed E-state index contributed by atoms with van der Waals surface area (Å²) in [4.78, 5) is 14.0. The topological polar surface area (TPSA) is 20.3 Å². The molecule has 0 bridgehead atoms. The van der Waals surface area contributed by atoms with E-state index < -0.39 is 0 Å². The van der Waals surface area contributed by atoms with Gasteiger partial charge in [0.15, 0.2) is 0 Å². The fraction of sp³-hybridized carbons (Fsp3) is 0.923. The van der Waals surface area contributed by atoms with Crippen LogP contribution in [-0.2, 0) is 4.79 Å². The highest BCUT2D eigenvalue weighted by molar-refractivity contribution is 5.78. The van der Waals surface area contributed by atoms with E-state index in [1.807, 2.05) is 18.9 Å². The number of carbonyl (C=O) groups is 1. The van der Waals surface area contributed by atoms with Crippen molar-refractivity contribution >= 4 is 5.91 Å². The third kappa shape index (κ3) is 3.84. The van der Waals surface area contributed by atoms with Crippen LogP contribution in [0, 0.1) is 17.8 Å². The van der Waals surface area contributed by atoms with Gasteiger partial charge in [0.25, 0.3) is 0 Å². The Hall–Kier alpha value is -0.530. The predicted octanol–water partition coefficient (Wildman–Crippen LogP) is 3.17. The monoisotopic (exact) mass is 213 g/mol. The van der Waals surface area contributed by atoms with Gasteiger partial charge in [0.1, 0.15) is 0 Å². The average Bonchev–Trinajstić information content (AvgIpc) is 2.23.